The molecule has 0 fully saturated rings. The molecule has 0 spiro atoms. The molecule has 5 N–H and O–H groups in total. The van der Waals surface area contributed by atoms with E-state index in [0.717, 1.165) is 17.5 Å². The molecule has 116 valence electrons. The molecule has 0 aliphatic carbocycles. The van der Waals surface area contributed by atoms with Crippen molar-refractivity contribution in [3.63, 3.8) is 0 Å². The van der Waals surface area contributed by atoms with Crippen molar-refractivity contribution in [2.75, 3.05) is 30.4 Å². The van der Waals surface area contributed by atoms with E-state index in [2.05, 4.69) is 20.3 Å². The second kappa shape index (κ2) is 8.03. The molecule has 0 saturated carbocycles. The van der Waals surface area contributed by atoms with Crippen molar-refractivity contribution in [3.8, 4) is 5.75 Å². The van der Waals surface area contributed by atoms with Crippen molar-refractivity contribution < 1.29 is 9.53 Å². The lowest BCUT2D eigenvalue weighted by Gasteiger charge is -2.07. The Morgan fingerprint density at radius 1 is 1.14 bits per heavy atom. The van der Waals surface area contributed by atoms with Gasteiger partial charge in [0.2, 0.25) is 17.8 Å². The minimum absolute atomic E-state index is 0.0340. The van der Waals surface area contributed by atoms with Gasteiger partial charge in [0.15, 0.2) is 5.16 Å². The largest absolute Gasteiger partial charge is 0.492 e. The van der Waals surface area contributed by atoms with Crippen molar-refractivity contribution in [1.82, 2.24) is 20.3 Å². The fourth-order valence-corrected chi connectivity index (χ4v) is 2.19. The second-order valence-corrected chi connectivity index (χ2v) is 5.08. The van der Waals surface area contributed by atoms with Gasteiger partial charge in [-0.25, -0.2) is 0 Å². The molecule has 9 heteroatoms. The molecule has 0 atom stereocenters. The first-order valence-electron chi connectivity index (χ1n) is 6.48. The number of carbonyl (C=O) groups is 1. The van der Waals surface area contributed by atoms with E-state index in [1.165, 1.54) is 0 Å². The highest BCUT2D eigenvalue weighted by Crippen LogP contribution is 2.13. The third-order valence-corrected chi connectivity index (χ3v) is 3.27. The van der Waals surface area contributed by atoms with Gasteiger partial charge in [0, 0.05) is 0 Å². The van der Waals surface area contributed by atoms with Gasteiger partial charge in [0.1, 0.15) is 12.4 Å². The number of carbonyl (C=O) groups excluding carboxylic acids is 1. The van der Waals surface area contributed by atoms with Crippen LogP contribution in [-0.2, 0) is 4.79 Å². The van der Waals surface area contributed by atoms with Gasteiger partial charge in [0.05, 0.1) is 12.3 Å². The van der Waals surface area contributed by atoms with Crippen LogP contribution in [0.5, 0.6) is 5.75 Å². The summed E-state index contributed by atoms with van der Waals surface area (Å²) in [7, 11) is 0. The fourth-order valence-electron chi connectivity index (χ4n) is 1.51. The summed E-state index contributed by atoms with van der Waals surface area (Å²) in [5, 5.41) is 3.05. The zero-order valence-electron chi connectivity index (χ0n) is 11.7. The Hall–Kier alpha value is -2.55. The highest BCUT2D eigenvalue weighted by molar-refractivity contribution is 7.99. The molecular weight excluding hydrogens is 304 g/mol. The molecule has 0 bridgehead atoms. The number of aromatic nitrogens is 3. The maximum absolute atomic E-state index is 11.7. The Morgan fingerprint density at radius 2 is 1.82 bits per heavy atom. The molecule has 1 aromatic carbocycles. The quantitative estimate of drug-likeness (QED) is 0.491. The number of nitrogens with two attached hydrogens (primary N) is 2. The summed E-state index contributed by atoms with van der Waals surface area (Å²) in [6, 6.07) is 9.39. The number of hydrogen-bond donors (Lipinski definition) is 3. The van der Waals surface area contributed by atoms with Crippen LogP contribution in [0.3, 0.4) is 0 Å². The molecule has 2 aromatic rings. The summed E-state index contributed by atoms with van der Waals surface area (Å²) >= 11 is 1.14. The molecule has 1 heterocycles. The van der Waals surface area contributed by atoms with E-state index in [1.54, 1.807) is 0 Å². The van der Waals surface area contributed by atoms with Crippen LogP contribution in [-0.4, -0.2) is 39.8 Å². The van der Waals surface area contributed by atoms with Crippen LogP contribution in [0.2, 0.25) is 0 Å². The number of amides is 1. The average molecular weight is 320 g/mol. The highest BCUT2D eigenvalue weighted by Gasteiger charge is 2.06. The molecule has 1 amide bonds. The van der Waals surface area contributed by atoms with E-state index >= 15 is 0 Å². The SMILES string of the molecule is Nc1nc(N)nc(SCC(=O)NCCOc2ccccc2)n1. The Bertz CT molecular complexity index is 605. The molecular formula is C13H16N6O2S. The lowest BCUT2D eigenvalue weighted by atomic mass is 10.3. The number of thioether (sulfide) groups is 1. The van der Waals surface area contributed by atoms with Gasteiger partial charge >= 0.3 is 0 Å². The first-order valence-corrected chi connectivity index (χ1v) is 7.46. The van der Waals surface area contributed by atoms with Crippen LogP contribution in [0, 0.1) is 0 Å². The standard InChI is InChI=1S/C13H16N6O2S/c14-11-17-12(15)19-13(18-11)22-8-10(20)16-6-7-21-9-4-2-1-3-5-9/h1-5H,6-8H2,(H,16,20)(H4,14,15,17,18,19). The van der Waals surface area contributed by atoms with Gasteiger partial charge < -0.3 is 21.5 Å². The molecule has 22 heavy (non-hydrogen) atoms. The van der Waals surface area contributed by atoms with Crippen LogP contribution in [0.15, 0.2) is 35.5 Å². The third-order valence-electron chi connectivity index (χ3n) is 2.42. The number of nitrogens with one attached hydrogen (secondary N) is 1. The summed E-state index contributed by atoms with van der Waals surface area (Å²) in [6.07, 6.45) is 0. The van der Waals surface area contributed by atoms with E-state index in [4.69, 9.17) is 16.2 Å². The van der Waals surface area contributed by atoms with Gasteiger partial charge in [0.25, 0.3) is 0 Å². The normalized spacial score (nSPS) is 10.2. The van der Waals surface area contributed by atoms with Crippen molar-refractivity contribution in [2.45, 2.75) is 5.16 Å². The van der Waals surface area contributed by atoms with Crippen molar-refractivity contribution >= 4 is 29.6 Å². The number of rotatable bonds is 7. The molecule has 0 radical (unpaired) electrons. The predicted octanol–water partition coefficient (Wildman–Crippen LogP) is 0.323. The Balaban J connectivity index is 1.65. The number of benzene rings is 1. The van der Waals surface area contributed by atoms with Crippen molar-refractivity contribution in [3.05, 3.63) is 30.3 Å². The maximum Gasteiger partial charge on any atom is 0.230 e. The van der Waals surface area contributed by atoms with Gasteiger partial charge in [-0.15, -0.1) is 0 Å². The molecule has 0 aliphatic rings. The minimum Gasteiger partial charge on any atom is -0.492 e. The maximum atomic E-state index is 11.7. The lowest BCUT2D eigenvalue weighted by molar-refractivity contribution is -0.118. The van der Waals surface area contributed by atoms with E-state index in [1.807, 2.05) is 30.3 Å². The van der Waals surface area contributed by atoms with Crippen molar-refractivity contribution in [2.24, 2.45) is 0 Å². The summed E-state index contributed by atoms with van der Waals surface area (Å²) in [5.41, 5.74) is 10.9. The number of para-hydroxylation sites is 1. The summed E-state index contributed by atoms with van der Waals surface area (Å²) in [5.74, 6) is 0.841. The van der Waals surface area contributed by atoms with Gasteiger partial charge in [-0.05, 0) is 12.1 Å². The molecule has 0 unspecified atom stereocenters. The van der Waals surface area contributed by atoms with E-state index in [9.17, 15) is 4.79 Å². The highest BCUT2D eigenvalue weighted by atomic mass is 32.2. The van der Waals surface area contributed by atoms with Crippen LogP contribution in [0.1, 0.15) is 0 Å². The smallest absolute Gasteiger partial charge is 0.230 e. The number of hydrogen-bond acceptors (Lipinski definition) is 8. The Morgan fingerprint density at radius 3 is 2.50 bits per heavy atom. The van der Waals surface area contributed by atoms with E-state index in [0.29, 0.717) is 18.3 Å². The monoisotopic (exact) mass is 320 g/mol. The van der Waals surface area contributed by atoms with Gasteiger partial charge in [-0.3, -0.25) is 4.79 Å². The molecule has 0 saturated heterocycles. The van der Waals surface area contributed by atoms with Crippen LogP contribution >= 0.6 is 11.8 Å². The van der Waals surface area contributed by atoms with Crippen LogP contribution < -0.4 is 21.5 Å². The Labute approximate surface area is 131 Å². The molecule has 2 rings (SSSR count). The summed E-state index contributed by atoms with van der Waals surface area (Å²) in [6.45, 7) is 0.807. The lowest BCUT2D eigenvalue weighted by Crippen LogP contribution is -2.29. The Kier molecular flexibility index (Phi) is 5.78. The zero-order valence-corrected chi connectivity index (χ0v) is 12.5. The molecule has 8 nitrogen and oxygen atoms in total. The topological polar surface area (TPSA) is 129 Å². The summed E-state index contributed by atoms with van der Waals surface area (Å²) in [4.78, 5) is 23.1. The minimum atomic E-state index is -0.154. The van der Waals surface area contributed by atoms with Gasteiger partial charge in [-0.1, -0.05) is 30.0 Å². The zero-order chi connectivity index (χ0) is 15.8. The molecule has 1 aromatic heterocycles. The third kappa shape index (κ3) is 5.44. The predicted molar refractivity (Wildman–Crippen MR) is 84.3 cm³/mol. The first-order chi connectivity index (χ1) is 10.6. The van der Waals surface area contributed by atoms with E-state index < -0.39 is 0 Å². The number of nitrogen functional groups attached to an aromatic ring is 2. The number of nitrogens with zero attached hydrogens (tertiary/aromatic N) is 3. The fraction of sp³-hybridized carbons (Fsp3) is 0.231. The molecule has 0 aliphatic heterocycles. The van der Waals surface area contributed by atoms with Crippen LogP contribution in [0.25, 0.3) is 0 Å². The van der Waals surface area contributed by atoms with Crippen molar-refractivity contribution in [1.29, 1.82) is 0 Å². The second-order valence-electron chi connectivity index (χ2n) is 4.13. The number of ether oxygens (including phenoxy) is 1. The van der Waals surface area contributed by atoms with Crippen LogP contribution in [0.4, 0.5) is 11.9 Å². The average Bonchev–Trinajstić information content (AvgIpc) is 2.50. The number of anilines is 2. The summed E-state index contributed by atoms with van der Waals surface area (Å²) < 4.78 is 5.46. The van der Waals surface area contributed by atoms with Gasteiger partial charge in [-0.2, -0.15) is 15.0 Å². The van der Waals surface area contributed by atoms with E-state index in [-0.39, 0.29) is 23.6 Å². The first kappa shape index (κ1) is 15.8.